The van der Waals surface area contributed by atoms with E-state index >= 15 is 0 Å². The molecule has 0 aliphatic rings. The molecule has 0 atom stereocenters. The summed E-state index contributed by atoms with van der Waals surface area (Å²) >= 11 is 0. The standard InChI is InChI=1S/C23H25N5O/c1-3-4-9-22-26-28(15-17(2)29)23(25)27(22)16-18-10-12-19(13-11-18)21-8-6-5-7-20(21)14-24/h5-8,10-13,25H,3-4,9,15-16H2,1-2H3/p+1. The molecule has 3 rings (SSSR count). The number of aromatic nitrogens is 3. The van der Waals surface area contributed by atoms with Gasteiger partial charge in [0, 0.05) is 6.42 Å². The second-order valence-electron chi connectivity index (χ2n) is 7.18. The lowest BCUT2D eigenvalue weighted by atomic mass is 9.99. The van der Waals surface area contributed by atoms with E-state index in [1.807, 2.05) is 53.1 Å². The summed E-state index contributed by atoms with van der Waals surface area (Å²) in [5.74, 6) is 1.41. The number of benzene rings is 2. The van der Waals surface area contributed by atoms with Crippen molar-refractivity contribution >= 4 is 11.7 Å². The van der Waals surface area contributed by atoms with Crippen LogP contribution in [0.1, 0.15) is 43.6 Å². The van der Waals surface area contributed by atoms with E-state index in [9.17, 15) is 10.1 Å². The fourth-order valence-electron chi connectivity index (χ4n) is 3.34. The van der Waals surface area contributed by atoms with E-state index in [-0.39, 0.29) is 12.3 Å². The summed E-state index contributed by atoms with van der Waals surface area (Å²) < 4.78 is 3.57. The third-order valence-electron chi connectivity index (χ3n) is 4.87. The predicted octanol–water partition coefficient (Wildman–Crippen LogP) is 3.27. The van der Waals surface area contributed by atoms with Gasteiger partial charge in [-0.3, -0.25) is 4.79 Å². The molecular weight excluding hydrogens is 362 g/mol. The van der Waals surface area contributed by atoms with E-state index in [4.69, 9.17) is 5.73 Å². The lowest BCUT2D eigenvalue weighted by molar-refractivity contribution is -0.682. The van der Waals surface area contributed by atoms with Crippen molar-refractivity contribution in [2.75, 3.05) is 5.73 Å². The quantitative estimate of drug-likeness (QED) is 0.600. The predicted molar refractivity (Wildman–Crippen MR) is 112 cm³/mol. The Morgan fingerprint density at radius 2 is 1.93 bits per heavy atom. The molecule has 3 aromatic rings. The largest absolute Gasteiger partial charge is 0.343 e. The second kappa shape index (κ2) is 9.16. The van der Waals surface area contributed by atoms with Gasteiger partial charge in [0.1, 0.15) is 0 Å². The van der Waals surface area contributed by atoms with E-state index in [1.165, 1.54) is 6.92 Å². The minimum atomic E-state index is 0.0221. The first-order valence-electron chi connectivity index (χ1n) is 9.86. The molecular formula is C23H26N5O+. The maximum atomic E-state index is 11.5. The number of Topliss-reactive ketones (excluding diaryl/α,β-unsaturated/α-hetero) is 1. The summed E-state index contributed by atoms with van der Waals surface area (Å²) in [5.41, 5.74) is 9.97. The van der Waals surface area contributed by atoms with Crippen molar-refractivity contribution in [3.8, 4) is 17.2 Å². The smallest absolute Gasteiger partial charge is 0.308 e. The monoisotopic (exact) mass is 388 g/mol. The van der Waals surface area contributed by atoms with Crippen LogP contribution in [0, 0.1) is 11.3 Å². The normalized spacial score (nSPS) is 10.7. The van der Waals surface area contributed by atoms with Crippen molar-refractivity contribution in [3.05, 3.63) is 65.5 Å². The Hall–Kier alpha value is -3.46. The number of nitriles is 1. The number of ketones is 1. The minimum absolute atomic E-state index is 0.0221. The number of anilines is 1. The summed E-state index contributed by atoms with van der Waals surface area (Å²) in [5, 5.41) is 13.9. The number of carbonyl (C=O) groups excluding carboxylic acids is 1. The zero-order valence-electron chi connectivity index (χ0n) is 16.9. The Labute approximate surface area is 171 Å². The van der Waals surface area contributed by atoms with Crippen LogP contribution < -0.4 is 10.3 Å². The molecule has 148 valence electrons. The summed E-state index contributed by atoms with van der Waals surface area (Å²) in [4.78, 5) is 11.5. The number of unbranched alkanes of at least 4 members (excludes halogenated alkanes) is 1. The molecule has 0 aliphatic heterocycles. The van der Waals surface area contributed by atoms with Crippen LogP contribution >= 0.6 is 0 Å². The van der Waals surface area contributed by atoms with Crippen LogP contribution in [0.25, 0.3) is 11.1 Å². The number of rotatable bonds is 8. The van der Waals surface area contributed by atoms with E-state index in [2.05, 4.69) is 18.1 Å². The van der Waals surface area contributed by atoms with E-state index in [0.717, 1.165) is 41.8 Å². The number of nitrogens with two attached hydrogens (primary N) is 1. The van der Waals surface area contributed by atoms with Crippen LogP contribution in [0.3, 0.4) is 0 Å². The molecule has 6 nitrogen and oxygen atoms in total. The number of nitrogen functional groups attached to an aromatic ring is 1. The number of hydrogen-bond acceptors (Lipinski definition) is 4. The first kappa shape index (κ1) is 20.3. The Morgan fingerprint density at radius 1 is 1.21 bits per heavy atom. The fraction of sp³-hybridized carbons (Fsp3) is 0.304. The first-order valence-corrected chi connectivity index (χ1v) is 9.86. The Bertz CT molecular complexity index is 1040. The van der Waals surface area contributed by atoms with Gasteiger partial charge in [-0.05, 0) is 41.2 Å². The molecule has 0 fully saturated rings. The molecule has 0 amide bonds. The summed E-state index contributed by atoms with van der Waals surface area (Å²) in [7, 11) is 0. The van der Waals surface area contributed by atoms with Gasteiger partial charge < -0.3 is 5.73 Å². The van der Waals surface area contributed by atoms with Gasteiger partial charge in [0.2, 0.25) is 5.82 Å². The van der Waals surface area contributed by atoms with E-state index in [0.29, 0.717) is 18.1 Å². The summed E-state index contributed by atoms with van der Waals surface area (Å²) in [6, 6.07) is 18.0. The van der Waals surface area contributed by atoms with Crippen LogP contribution in [0.5, 0.6) is 0 Å². The van der Waals surface area contributed by atoms with Crippen LogP contribution in [0.15, 0.2) is 48.5 Å². The van der Waals surface area contributed by atoms with Crippen molar-refractivity contribution in [2.45, 2.75) is 46.2 Å². The topological polar surface area (TPSA) is 88.6 Å². The van der Waals surface area contributed by atoms with Crippen molar-refractivity contribution < 1.29 is 9.36 Å². The number of carbonyl (C=O) groups is 1. The molecule has 1 heterocycles. The molecule has 0 unspecified atom stereocenters. The lowest BCUT2D eigenvalue weighted by Gasteiger charge is -2.07. The Balaban J connectivity index is 1.88. The molecule has 0 saturated carbocycles. The highest BCUT2D eigenvalue weighted by Gasteiger charge is 2.22. The van der Waals surface area contributed by atoms with Crippen molar-refractivity contribution in [1.29, 1.82) is 5.26 Å². The molecule has 0 saturated heterocycles. The molecule has 0 radical (unpaired) electrons. The summed E-state index contributed by atoms with van der Waals surface area (Å²) in [6.45, 7) is 4.44. The first-order chi connectivity index (χ1) is 14.0. The third-order valence-corrected chi connectivity index (χ3v) is 4.87. The highest BCUT2D eigenvalue weighted by molar-refractivity contribution is 5.75. The van der Waals surface area contributed by atoms with Gasteiger partial charge in [0.15, 0.2) is 12.3 Å². The fourth-order valence-corrected chi connectivity index (χ4v) is 3.34. The Kier molecular flexibility index (Phi) is 6.40. The molecule has 6 heteroatoms. The minimum Gasteiger partial charge on any atom is -0.308 e. The van der Waals surface area contributed by atoms with Gasteiger partial charge in [0.25, 0.3) is 0 Å². The van der Waals surface area contributed by atoms with Crippen molar-refractivity contribution in [1.82, 2.24) is 9.78 Å². The van der Waals surface area contributed by atoms with Crippen LogP contribution in [0.2, 0.25) is 0 Å². The highest BCUT2D eigenvalue weighted by Crippen LogP contribution is 2.23. The SMILES string of the molecule is CCCCc1nn(CC(C)=O)c(N)[n+]1Cc1ccc(-c2ccccc2C#N)cc1. The van der Waals surface area contributed by atoms with E-state index < -0.39 is 0 Å². The lowest BCUT2D eigenvalue weighted by Crippen LogP contribution is -2.40. The average Bonchev–Trinajstić information content (AvgIpc) is 3.01. The van der Waals surface area contributed by atoms with Crippen LogP contribution in [-0.4, -0.2) is 15.6 Å². The summed E-state index contributed by atoms with van der Waals surface area (Å²) in [6.07, 6.45) is 2.89. The zero-order valence-corrected chi connectivity index (χ0v) is 16.9. The van der Waals surface area contributed by atoms with Gasteiger partial charge >= 0.3 is 5.95 Å². The zero-order chi connectivity index (χ0) is 20.8. The maximum Gasteiger partial charge on any atom is 0.343 e. The molecule has 29 heavy (non-hydrogen) atoms. The third kappa shape index (κ3) is 4.69. The molecule has 0 aliphatic carbocycles. The van der Waals surface area contributed by atoms with Gasteiger partial charge in [-0.25, -0.2) is 4.57 Å². The number of nitrogens with zero attached hydrogens (tertiary/aromatic N) is 4. The van der Waals surface area contributed by atoms with Gasteiger partial charge in [-0.15, -0.1) is 4.68 Å². The van der Waals surface area contributed by atoms with Crippen LogP contribution in [0.4, 0.5) is 5.95 Å². The van der Waals surface area contributed by atoms with Gasteiger partial charge in [-0.1, -0.05) is 55.8 Å². The molecule has 0 bridgehead atoms. The number of hydrogen-bond donors (Lipinski definition) is 1. The highest BCUT2D eigenvalue weighted by atomic mass is 16.1. The molecule has 2 N–H and O–H groups in total. The van der Waals surface area contributed by atoms with Gasteiger partial charge in [0.05, 0.1) is 18.2 Å². The van der Waals surface area contributed by atoms with Gasteiger partial charge in [-0.2, -0.15) is 5.26 Å². The van der Waals surface area contributed by atoms with E-state index in [1.54, 1.807) is 4.68 Å². The van der Waals surface area contributed by atoms with Crippen molar-refractivity contribution in [3.63, 3.8) is 0 Å². The average molecular weight is 388 g/mol. The molecule has 1 aromatic heterocycles. The second-order valence-corrected chi connectivity index (χ2v) is 7.18. The number of aryl methyl sites for hydroxylation is 1. The van der Waals surface area contributed by atoms with Crippen molar-refractivity contribution in [2.24, 2.45) is 0 Å². The molecule has 0 spiro atoms. The molecule has 2 aromatic carbocycles. The maximum absolute atomic E-state index is 11.5. The Morgan fingerprint density at radius 3 is 2.59 bits per heavy atom. The van der Waals surface area contributed by atoms with Crippen LogP contribution in [-0.2, 0) is 24.3 Å².